The summed E-state index contributed by atoms with van der Waals surface area (Å²) >= 11 is 1.96. The van der Waals surface area contributed by atoms with Gasteiger partial charge in [-0.2, -0.15) is 11.8 Å². The molecule has 76 valence electrons. The highest BCUT2D eigenvalue weighted by Crippen LogP contribution is 2.31. The highest BCUT2D eigenvalue weighted by atomic mass is 32.2. The number of aldehydes is 1. The number of hydrogen-bond acceptors (Lipinski definition) is 2. The van der Waals surface area contributed by atoms with Gasteiger partial charge in [-0.3, -0.25) is 4.79 Å². The van der Waals surface area contributed by atoms with Crippen molar-refractivity contribution in [3.05, 3.63) is 35.0 Å². The molecule has 2 nitrogen and oxygen atoms in total. The highest BCUT2D eigenvalue weighted by Gasteiger charge is 2.15. The lowest BCUT2D eigenvalue weighted by Gasteiger charge is -2.10. The van der Waals surface area contributed by atoms with Gasteiger partial charge in [-0.15, -0.1) is 0 Å². The molecule has 0 radical (unpaired) electrons. The molecule has 2 aromatic rings. The zero-order valence-electron chi connectivity index (χ0n) is 8.25. The van der Waals surface area contributed by atoms with E-state index >= 15 is 0 Å². The van der Waals surface area contributed by atoms with Gasteiger partial charge < -0.3 is 4.98 Å². The van der Waals surface area contributed by atoms with Crippen molar-refractivity contribution in [3.63, 3.8) is 0 Å². The van der Waals surface area contributed by atoms with E-state index in [1.165, 1.54) is 22.4 Å². The first-order valence-electron chi connectivity index (χ1n) is 5.05. The molecule has 0 saturated heterocycles. The van der Waals surface area contributed by atoms with E-state index in [9.17, 15) is 4.79 Å². The van der Waals surface area contributed by atoms with Crippen molar-refractivity contribution in [2.75, 3.05) is 5.75 Å². The van der Waals surface area contributed by atoms with Crippen molar-refractivity contribution in [2.24, 2.45) is 0 Å². The fourth-order valence-corrected chi connectivity index (χ4v) is 3.15. The van der Waals surface area contributed by atoms with Crippen LogP contribution in [0.4, 0.5) is 0 Å². The summed E-state index contributed by atoms with van der Waals surface area (Å²) in [5.41, 5.74) is 4.67. The van der Waals surface area contributed by atoms with Crippen LogP contribution in [0.1, 0.15) is 21.6 Å². The third kappa shape index (κ3) is 1.38. The molecule has 0 aliphatic carbocycles. The maximum Gasteiger partial charge on any atom is 0.150 e. The number of aromatic nitrogens is 1. The Hall–Kier alpha value is -1.22. The van der Waals surface area contributed by atoms with Crippen LogP contribution in [0, 0.1) is 0 Å². The summed E-state index contributed by atoms with van der Waals surface area (Å²) in [6, 6.07) is 5.86. The van der Waals surface area contributed by atoms with Gasteiger partial charge in [-0.1, -0.05) is 0 Å². The van der Waals surface area contributed by atoms with Gasteiger partial charge in [0.2, 0.25) is 0 Å². The monoisotopic (exact) mass is 217 g/mol. The van der Waals surface area contributed by atoms with Crippen LogP contribution in [0.25, 0.3) is 10.9 Å². The van der Waals surface area contributed by atoms with Crippen LogP contribution in [0.5, 0.6) is 0 Å². The largest absolute Gasteiger partial charge is 0.358 e. The molecular weight excluding hydrogens is 206 g/mol. The lowest BCUT2D eigenvalue weighted by Crippen LogP contribution is -1.99. The number of rotatable bonds is 1. The number of carbonyl (C=O) groups is 1. The summed E-state index contributed by atoms with van der Waals surface area (Å²) in [6.45, 7) is 0. The molecule has 1 aromatic heterocycles. The molecule has 1 aromatic carbocycles. The second-order valence-electron chi connectivity index (χ2n) is 3.81. The lowest BCUT2D eigenvalue weighted by molar-refractivity contribution is 0.112. The number of nitrogens with one attached hydrogen (secondary N) is 1. The van der Waals surface area contributed by atoms with Crippen LogP contribution < -0.4 is 0 Å². The van der Waals surface area contributed by atoms with Crippen molar-refractivity contribution < 1.29 is 4.79 Å². The Labute approximate surface area is 92.1 Å². The molecule has 0 atom stereocenters. The number of benzene rings is 1. The topological polar surface area (TPSA) is 32.9 Å². The third-order valence-corrected chi connectivity index (χ3v) is 3.88. The summed E-state index contributed by atoms with van der Waals surface area (Å²) in [7, 11) is 0. The minimum atomic E-state index is 0.764. The van der Waals surface area contributed by atoms with Gasteiger partial charge in [-0.05, 0) is 35.9 Å². The molecule has 0 fully saturated rings. The van der Waals surface area contributed by atoms with Crippen molar-refractivity contribution >= 4 is 29.0 Å². The van der Waals surface area contributed by atoms with Crippen molar-refractivity contribution in [1.82, 2.24) is 4.98 Å². The van der Waals surface area contributed by atoms with Gasteiger partial charge >= 0.3 is 0 Å². The lowest BCUT2D eigenvalue weighted by atomic mass is 10.1. The maximum absolute atomic E-state index is 10.7. The van der Waals surface area contributed by atoms with Crippen molar-refractivity contribution in [1.29, 1.82) is 0 Å². The molecular formula is C12H11NOS. The zero-order valence-corrected chi connectivity index (χ0v) is 9.06. The summed E-state index contributed by atoms with van der Waals surface area (Å²) in [4.78, 5) is 14.2. The Morgan fingerprint density at radius 2 is 2.33 bits per heavy atom. The molecule has 2 heterocycles. The van der Waals surface area contributed by atoms with Gasteiger partial charge in [0.1, 0.15) is 6.29 Å². The summed E-state index contributed by atoms with van der Waals surface area (Å²) < 4.78 is 0. The Kier molecular flexibility index (Phi) is 2.06. The normalized spacial score (nSPS) is 15.2. The summed E-state index contributed by atoms with van der Waals surface area (Å²) in [5, 5.41) is 1.22. The summed E-state index contributed by atoms with van der Waals surface area (Å²) in [6.07, 6.45) is 2.03. The number of H-pyrrole nitrogens is 1. The highest BCUT2D eigenvalue weighted by molar-refractivity contribution is 7.98. The van der Waals surface area contributed by atoms with E-state index in [-0.39, 0.29) is 0 Å². The number of aryl methyl sites for hydroxylation is 1. The molecule has 1 N–H and O–H groups in total. The van der Waals surface area contributed by atoms with Gasteiger partial charge in [0.05, 0.1) is 0 Å². The van der Waals surface area contributed by atoms with E-state index in [0.29, 0.717) is 0 Å². The first-order valence-corrected chi connectivity index (χ1v) is 6.20. The second-order valence-corrected chi connectivity index (χ2v) is 4.91. The Bertz CT molecular complexity index is 530. The molecule has 0 saturated carbocycles. The molecule has 0 amide bonds. The molecule has 3 rings (SSSR count). The van der Waals surface area contributed by atoms with Gasteiger partial charge in [-0.25, -0.2) is 0 Å². The van der Waals surface area contributed by atoms with E-state index in [0.717, 1.165) is 29.5 Å². The first kappa shape index (κ1) is 9.04. The average molecular weight is 217 g/mol. The Morgan fingerprint density at radius 3 is 3.20 bits per heavy atom. The Morgan fingerprint density at radius 1 is 1.40 bits per heavy atom. The van der Waals surface area contributed by atoms with E-state index in [1.54, 1.807) is 0 Å². The van der Waals surface area contributed by atoms with Gasteiger partial charge in [0, 0.05) is 27.9 Å². The number of fused-ring (bicyclic) bond motifs is 3. The third-order valence-electron chi connectivity index (χ3n) is 2.90. The molecule has 1 aliphatic rings. The van der Waals surface area contributed by atoms with Crippen LogP contribution >= 0.6 is 11.8 Å². The molecule has 1 aliphatic heterocycles. The predicted molar refractivity (Wildman–Crippen MR) is 63.6 cm³/mol. The maximum atomic E-state index is 10.7. The van der Waals surface area contributed by atoms with Gasteiger partial charge in [0.25, 0.3) is 0 Å². The van der Waals surface area contributed by atoms with Crippen LogP contribution in [0.2, 0.25) is 0 Å². The van der Waals surface area contributed by atoms with E-state index in [4.69, 9.17) is 0 Å². The average Bonchev–Trinajstić information content (AvgIpc) is 2.66. The number of aromatic amines is 1. The number of hydrogen-bond donors (Lipinski definition) is 1. The molecule has 0 bridgehead atoms. The van der Waals surface area contributed by atoms with Crippen LogP contribution in [0.15, 0.2) is 18.2 Å². The fraction of sp³-hybridized carbons (Fsp3) is 0.250. The second kappa shape index (κ2) is 3.42. The van der Waals surface area contributed by atoms with Gasteiger partial charge in [0.15, 0.2) is 0 Å². The van der Waals surface area contributed by atoms with Crippen molar-refractivity contribution in [3.8, 4) is 0 Å². The predicted octanol–water partition coefficient (Wildman–Crippen LogP) is 2.77. The molecule has 3 heteroatoms. The summed E-state index contributed by atoms with van der Waals surface area (Å²) in [5.74, 6) is 2.26. The SMILES string of the molecule is O=Cc1ccc2[nH]c3c(c2c1)CSCC3. The molecule has 0 spiro atoms. The quantitative estimate of drug-likeness (QED) is 0.745. The Balaban J connectivity index is 2.29. The minimum absolute atomic E-state index is 0.764. The zero-order chi connectivity index (χ0) is 10.3. The number of thioether (sulfide) groups is 1. The fourth-order valence-electron chi connectivity index (χ4n) is 2.12. The van der Waals surface area contributed by atoms with E-state index in [1.807, 2.05) is 30.0 Å². The van der Waals surface area contributed by atoms with E-state index < -0.39 is 0 Å². The van der Waals surface area contributed by atoms with Crippen LogP contribution in [-0.4, -0.2) is 17.0 Å². The minimum Gasteiger partial charge on any atom is -0.358 e. The molecule has 15 heavy (non-hydrogen) atoms. The number of carbonyl (C=O) groups excluding carboxylic acids is 1. The van der Waals surface area contributed by atoms with Crippen LogP contribution in [0.3, 0.4) is 0 Å². The van der Waals surface area contributed by atoms with Crippen LogP contribution in [-0.2, 0) is 12.2 Å². The first-order chi connectivity index (χ1) is 7.38. The molecule has 0 unspecified atom stereocenters. The van der Waals surface area contributed by atoms with Crippen molar-refractivity contribution in [2.45, 2.75) is 12.2 Å². The smallest absolute Gasteiger partial charge is 0.150 e. The van der Waals surface area contributed by atoms with E-state index in [2.05, 4.69) is 4.98 Å². The standard InChI is InChI=1S/C12H11NOS/c14-6-8-1-2-11-9(5-8)10-7-15-4-3-12(10)13-11/h1-2,5-6,13H,3-4,7H2.